The number of hydrogen-bond acceptors (Lipinski definition) is 3. The molecule has 6 heteroatoms. The second-order valence-corrected chi connectivity index (χ2v) is 7.62. The van der Waals surface area contributed by atoms with Crippen molar-refractivity contribution in [3.05, 3.63) is 48.3 Å². The Hall–Kier alpha value is -2.63. The predicted molar refractivity (Wildman–Crippen MR) is 105 cm³/mol. The van der Waals surface area contributed by atoms with Crippen LogP contribution in [0.15, 0.2) is 36.7 Å². The number of para-hydroxylation sites is 2. The lowest BCUT2D eigenvalue weighted by Crippen LogP contribution is -2.39. The van der Waals surface area contributed by atoms with Crippen LogP contribution in [-0.2, 0) is 11.3 Å². The molecule has 1 N–H and O–H groups in total. The molecule has 0 saturated carbocycles. The fourth-order valence-electron chi connectivity index (χ4n) is 4.01. The monoisotopic (exact) mass is 365 g/mol. The van der Waals surface area contributed by atoms with Crippen molar-refractivity contribution in [3.63, 3.8) is 0 Å². The normalized spacial score (nSPS) is 17.7. The van der Waals surface area contributed by atoms with E-state index in [0.717, 1.165) is 48.5 Å². The highest BCUT2D eigenvalue weighted by Crippen LogP contribution is 2.31. The van der Waals surface area contributed by atoms with Crippen molar-refractivity contribution in [3.8, 4) is 0 Å². The van der Waals surface area contributed by atoms with Gasteiger partial charge in [0, 0.05) is 37.8 Å². The molecule has 1 fully saturated rings. The van der Waals surface area contributed by atoms with E-state index in [-0.39, 0.29) is 11.9 Å². The van der Waals surface area contributed by atoms with Crippen LogP contribution in [0.4, 0.5) is 0 Å². The van der Waals surface area contributed by atoms with Gasteiger partial charge in [-0.1, -0.05) is 26.0 Å². The number of imidazole rings is 2. The van der Waals surface area contributed by atoms with Crippen LogP contribution in [-0.4, -0.2) is 36.9 Å². The second kappa shape index (κ2) is 7.55. The number of benzene rings is 1. The highest BCUT2D eigenvalue weighted by atomic mass is 16.2. The average molecular weight is 365 g/mol. The number of amides is 1. The van der Waals surface area contributed by atoms with Crippen LogP contribution in [0.2, 0.25) is 0 Å². The molecule has 1 aliphatic rings. The highest BCUT2D eigenvalue weighted by molar-refractivity contribution is 5.78. The molecule has 27 heavy (non-hydrogen) atoms. The van der Waals surface area contributed by atoms with Crippen LogP contribution >= 0.6 is 0 Å². The molecule has 6 nitrogen and oxygen atoms in total. The molecule has 1 aromatic carbocycles. The van der Waals surface area contributed by atoms with Gasteiger partial charge in [0.25, 0.3) is 0 Å². The summed E-state index contributed by atoms with van der Waals surface area (Å²) in [6.07, 6.45) is 7.43. The van der Waals surface area contributed by atoms with Crippen LogP contribution in [0.25, 0.3) is 11.0 Å². The number of aromatic amines is 1. The molecule has 0 bridgehead atoms. The summed E-state index contributed by atoms with van der Waals surface area (Å²) in [7, 11) is 0. The largest absolute Gasteiger partial charge is 0.340 e. The number of nitrogens with zero attached hydrogens (tertiary/aromatic N) is 4. The van der Waals surface area contributed by atoms with Crippen LogP contribution in [0, 0.1) is 0 Å². The molecular formula is C21H27N5O. The maximum atomic E-state index is 13.0. The van der Waals surface area contributed by atoms with Gasteiger partial charge in [0.05, 0.1) is 17.1 Å². The van der Waals surface area contributed by atoms with Gasteiger partial charge < -0.3 is 14.5 Å². The molecule has 142 valence electrons. The SMILES string of the molecule is CC(C)c1nccn1CCC(=O)N1CCCC[C@H]1c1nc2ccccc2[nH]1. The van der Waals surface area contributed by atoms with Crippen LogP contribution in [0.5, 0.6) is 0 Å². The minimum absolute atomic E-state index is 0.0472. The number of likely N-dealkylation sites (tertiary alicyclic amines) is 1. The molecule has 2 aromatic heterocycles. The van der Waals surface area contributed by atoms with Crippen molar-refractivity contribution in [2.75, 3.05) is 6.54 Å². The zero-order chi connectivity index (χ0) is 18.8. The van der Waals surface area contributed by atoms with E-state index in [1.165, 1.54) is 0 Å². The van der Waals surface area contributed by atoms with Crippen LogP contribution < -0.4 is 0 Å². The van der Waals surface area contributed by atoms with Crippen molar-refractivity contribution >= 4 is 16.9 Å². The topological polar surface area (TPSA) is 66.8 Å². The van der Waals surface area contributed by atoms with E-state index in [1.807, 2.05) is 41.6 Å². The maximum Gasteiger partial charge on any atom is 0.224 e. The van der Waals surface area contributed by atoms with Crippen LogP contribution in [0.1, 0.15) is 63.1 Å². The second-order valence-electron chi connectivity index (χ2n) is 7.62. The zero-order valence-electron chi connectivity index (χ0n) is 16.1. The van der Waals surface area contributed by atoms with Gasteiger partial charge in [-0.2, -0.15) is 0 Å². The van der Waals surface area contributed by atoms with Gasteiger partial charge in [0.15, 0.2) is 0 Å². The quantitative estimate of drug-likeness (QED) is 0.742. The summed E-state index contributed by atoms with van der Waals surface area (Å²) in [4.78, 5) is 27.6. The summed E-state index contributed by atoms with van der Waals surface area (Å²) in [6, 6.07) is 8.09. The van der Waals surface area contributed by atoms with E-state index in [4.69, 9.17) is 4.98 Å². The lowest BCUT2D eigenvalue weighted by Gasteiger charge is -2.34. The van der Waals surface area contributed by atoms with E-state index < -0.39 is 0 Å². The number of aryl methyl sites for hydroxylation is 1. The minimum atomic E-state index is 0.0472. The zero-order valence-corrected chi connectivity index (χ0v) is 16.1. The molecule has 0 spiro atoms. The minimum Gasteiger partial charge on any atom is -0.340 e. The summed E-state index contributed by atoms with van der Waals surface area (Å²) < 4.78 is 2.10. The number of nitrogens with one attached hydrogen (secondary N) is 1. The van der Waals surface area contributed by atoms with E-state index in [0.29, 0.717) is 18.9 Å². The Morgan fingerprint density at radius 3 is 2.96 bits per heavy atom. The van der Waals surface area contributed by atoms with E-state index in [9.17, 15) is 4.79 Å². The summed E-state index contributed by atoms with van der Waals surface area (Å²) in [5, 5.41) is 0. The first kappa shape index (κ1) is 17.8. The number of rotatable bonds is 5. The standard InChI is InChI=1S/C21H27N5O/c1-15(2)21-22-11-14-25(21)13-10-19(27)26-12-6-5-9-18(26)20-23-16-7-3-4-8-17(16)24-20/h3-4,7-8,11,14-15,18H,5-6,9-10,12-13H2,1-2H3,(H,23,24)/t18-/m0/s1. The molecule has 0 radical (unpaired) electrons. The van der Waals surface area contributed by atoms with E-state index in [1.54, 1.807) is 0 Å². The Kier molecular flexibility index (Phi) is 4.97. The first-order chi connectivity index (χ1) is 13.1. The van der Waals surface area contributed by atoms with Gasteiger partial charge in [0.1, 0.15) is 11.6 Å². The molecular weight excluding hydrogens is 338 g/mol. The smallest absolute Gasteiger partial charge is 0.224 e. The molecule has 1 amide bonds. The van der Waals surface area contributed by atoms with Gasteiger partial charge in [-0.25, -0.2) is 9.97 Å². The van der Waals surface area contributed by atoms with Crippen molar-refractivity contribution < 1.29 is 4.79 Å². The Morgan fingerprint density at radius 1 is 1.30 bits per heavy atom. The Balaban J connectivity index is 1.49. The van der Waals surface area contributed by atoms with Gasteiger partial charge in [-0.05, 0) is 31.4 Å². The molecule has 3 aromatic rings. The fraction of sp³-hybridized carbons (Fsp3) is 0.476. The first-order valence-corrected chi connectivity index (χ1v) is 9.88. The van der Waals surface area contributed by atoms with Gasteiger partial charge in [-0.3, -0.25) is 4.79 Å². The highest BCUT2D eigenvalue weighted by Gasteiger charge is 2.30. The molecule has 0 aliphatic carbocycles. The predicted octanol–water partition coefficient (Wildman–Crippen LogP) is 4.03. The van der Waals surface area contributed by atoms with Gasteiger partial charge in [-0.15, -0.1) is 0 Å². The van der Waals surface area contributed by atoms with Crippen molar-refractivity contribution in [1.29, 1.82) is 0 Å². The molecule has 0 unspecified atom stereocenters. The summed E-state index contributed by atoms with van der Waals surface area (Å²) in [5.41, 5.74) is 2.00. The first-order valence-electron chi connectivity index (χ1n) is 9.88. The summed E-state index contributed by atoms with van der Waals surface area (Å²) >= 11 is 0. The maximum absolute atomic E-state index is 13.0. The third-order valence-electron chi connectivity index (χ3n) is 5.38. The number of H-pyrrole nitrogens is 1. The number of carbonyl (C=O) groups is 1. The lowest BCUT2D eigenvalue weighted by molar-refractivity contribution is -0.135. The van der Waals surface area contributed by atoms with E-state index in [2.05, 4.69) is 28.4 Å². The summed E-state index contributed by atoms with van der Waals surface area (Å²) in [6.45, 7) is 5.74. The van der Waals surface area contributed by atoms with E-state index >= 15 is 0 Å². The number of fused-ring (bicyclic) bond motifs is 1. The number of carbonyl (C=O) groups excluding carboxylic acids is 1. The van der Waals surface area contributed by atoms with Gasteiger partial charge >= 0.3 is 0 Å². The molecule has 3 heterocycles. The Bertz CT molecular complexity index is 892. The Labute approximate surface area is 159 Å². The van der Waals surface area contributed by atoms with Gasteiger partial charge in [0.2, 0.25) is 5.91 Å². The van der Waals surface area contributed by atoms with Crippen molar-refractivity contribution in [2.24, 2.45) is 0 Å². The number of hydrogen-bond donors (Lipinski definition) is 1. The average Bonchev–Trinajstić information content (AvgIpc) is 3.32. The molecule has 1 aliphatic heterocycles. The lowest BCUT2D eigenvalue weighted by atomic mass is 10.0. The summed E-state index contributed by atoms with van der Waals surface area (Å²) in [5.74, 6) is 2.50. The Morgan fingerprint density at radius 2 is 2.15 bits per heavy atom. The fourth-order valence-corrected chi connectivity index (χ4v) is 4.01. The number of aromatic nitrogens is 4. The van der Waals surface area contributed by atoms with Crippen molar-refractivity contribution in [2.45, 2.75) is 58.0 Å². The molecule has 1 atom stereocenters. The third kappa shape index (κ3) is 3.61. The van der Waals surface area contributed by atoms with Crippen molar-refractivity contribution in [1.82, 2.24) is 24.4 Å². The number of piperidine rings is 1. The molecule has 4 rings (SSSR count). The third-order valence-corrected chi connectivity index (χ3v) is 5.38. The molecule has 1 saturated heterocycles. The van der Waals surface area contributed by atoms with Crippen LogP contribution in [0.3, 0.4) is 0 Å².